The van der Waals surface area contributed by atoms with Gasteiger partial charge in [-0.1, -0.05) is 0 Å². The molecule has 0 spiro atoms. The maximum absolute atomic E-state index is 12.4. The standard InChI is InChI=1S/C14H13F3N2O/c15-14(16,17)11-3-5-12(6-4-11)18-13(20)7-10-19-8-1-2-9-19/h1-6,8-9H,7,10H2,(H,18,20). The van der Waals surface area contributed by atoms with Gasteiger partial charge in [0.1, 0.15) is 0 Å². The van der Waals surface area contributed by atoms with Crippen LogP contribution >= 0.6 is 0 Å². The summed E-state index contributed by atoms with van der Waals surface area (Å²) in [7, 11) is 0. The molecule has 0 radical (unpaired) electrons. The third-order valence-electron chi connectivity index (χ3n) is 2.76. The van der Waals surface area contributed by atoms with Crippen LogP contribution in [0.5, 0.6) is 0 Å². The monoisotopic (exact) mass is 282 g/mol. The molecule has 0 saturated carbocycles. The van der Waals surface area contributed by atoms with Crippen molar-refractivity contribution >= 4 is 11.6 Å². The van der Waals surface area contributed by atoms with Gasteiger partial charge in [0.05, 0.1) is 5.56 Å². The summed E-state index contributed by atoms with van der Waals surface area (Å²) in [6.07, 6.45) is -0.427. The summed E-state index contributed by atoms with van der Waals surface area (Å²) in [5.41, 5.74) is -0.377. The molecule has 1 aromatic carbocycles. The zero-order valence-corrected chi connectivity index (χ0v) is 10.5. The molecule has 0 aliphatic rings. The molecule has 0 unspecified atom stereocenters. The van der Waals surface area contributed by atoms with E-state index in [-0.39, 0.29) is 12.3 Å². The van der Waals surface area contributed by atoms with Crippen LogP contribution in [0.15, 0.2) is 48.8 Å². The fourth-order valence-electron chi connectivity index (χ4n) is 1.72. The molecule has 0 atom stereocenters. The van der Waals surface area contributed by atoms with Crippen LogP contribution in [0, 0.1) is 0 Å². The maximum atomic E-state index is 12.4. The molecule has 6 heteroatoms. The summed E-state index contributed by atoms with van der Waals surface area (Å²) in [6.45, 7) is 0.527. The van der Waals surface area contributed by atoms with E-state index in [9.17, 15) is 18.0 Å². The molecule has 1 N–H and O–H groups in total. The molecule has 0 bridgehead atoms. The molecule has 3 nitrogen and oxygen atoms in total. The van der Waals surface area contributed by atoms with E-state index in [0.29, 0.717) is 12.2 Å². The Morgan fingerprint density at radius 2 is 1.70 bits per heavy atom. The highest BCUT2D eigenvalue weighted by Gasteiger charge is 2.29. The average Bonchev–Trinajstić information content (AvgIpc) is 2.89. The Balaban J connectivity index is 1.88. The van der Waals surface area contributed by atoms with E-state index in [1.807, 2.05) is 29.1 Å². The number of alkyl halides is 3. The first kappa shape index (κ1) is 14.2. The van der Waals surface area contributed by atoms with Crippen molar-refractivity contribution in [2.75, 3.05) is 5.32 Å². The lowest BCUT2D eigenvalue weighted by atomic mass is 10.2. The van der Waals surface area contributed by atoms with Crippen LogP contribution in [-0.2, 0) is 17.5 Å². The number of amides is 1. The number of anilines is 1. The summed E-state index contributed by atoms with van der Waals surface area (Å²) < 4.78 is 39.0. The number of nitrogens with zero attached hydrogens (tertiary/aromatic N) is 1. The van der Waals surface area contributed by atoms with E-state index in [4.69, 9.17) is 0 Å². The molecule has 0 saturated heterocycles. The minimum Gasteiger partial charge on any atom is -0.354 e. The molecule has 0 fully saturated rings. The third kappa shape index (κ3) is 3.88. The van der Waals surface area contributed by atoms with E-state index >= 15 is 0 Å². The largest absolute Gasteiger partial charge is 0.416 e. The van der Waals surface area contributed by atoms with Gasteiger partial charge in [-0.05, 0) is 36.4 Å². The van der Waals surface area contributed by atoms with Gasteiger partial charge in [-0.15, -0.1) is 0 Å². The molecule has 20 heavy (non-hydrogen) atoms. The molecule has 1 heterocycles. The van der Waals surface area contributed by atoms with E-state index in [0.717, 1.165) is 12.1 Å². The summed E-state index contributed by atoms with van der Waals surface area (Å²) in [5, 5.41) is 2.56. The first-order valence-corrected chi connectivity index (χ1v) is 6.03. The molecular formula is C14H13F3N2O. The van der Waals surface area contributed by atoms with Gasteiger partial charge in [-0.25, -0.2) is 0 Å². The number of nitrogens with one attached hydrogen (secondary N) is 1. The second-order valence-electron chi connectivity index (χ2n) is 4.29. The Hall–Kier alpha value is -2.24. The smallest absolute Gasteiger partial charge is 0.354 e. The Morgan fingerprint density at radius 3 is 2.25 bits per heavy atom. The summed E-state index contributed by atoms with van der Waals surface area (Å²) >= 11 is 0. The van der Waals surface area contributed by atoms with Crippen LogP contribution in [0.25, 0.3) is 0 Å². The summed E-state index contributed by atoms with van der Waals surface area (Å²) in [5.74, 6) is -0.238. The van der Waals surface area contributed by atoms with Gasteiger partial charge in [0.25, 0.3) is 0 Å². The lowest BCUT2D eigenvalue weighted by molar-refractivity contribution is -0.137. The van der Waals surface area contributed by atoms with Gasteiger partial charge >= 0.3 is 6.18 Å². The molecule has 1 amide bonds. The van der Waals surface area contributed by atoms with Crippen LogP contribution in [0.1, 0.15) is 12.0 Å². The number of aryl methyl sites for hydroxylation is 1. The van der Waals surface area contributed by atoms with Gasteiger partial charge in [0, 0.05) is 31.0 Å². The van der Waals surface area contributed by atoms with Gasteiger partial charge in [0.15, 0.2) is 0 Å². The predicted molar refractivity (Wildman–Crippen MR) is 69.1 cm³/mol. The fraction of sp³-hybridized carbons (Fsp3) is 0.214. The van der Waals surface area contributed by atoms with Crippen molar-refractivity contribution in [1.82, 2.24) is 4.57 Å². The Labute approximate surface area is 114 Å². The second-order valence-corrected chi connectivity index (χ2v) is 4.29. The molecule has 0 aliphatic heterocycles. The molecule has 106 valence electrons. The van der Waals surface area contributed by atoms with Gasteiger partial charge in [0.2, 0.25) is 5.91 Å². The Bertz CT molecular complexity index is 559. The Kier molecular flexibility index (Phi) is 4.12. The number of halogens is 3. The average molecular weight is 282 g/mol. The number of benzene rings is 1. The lowest BCUT2D eigenvalue weighted by Crippen LogP contribution is -2.14. The lowest BCUT2D eigenvalue weighted by Gasteiger charge is -2.09. The quantitative estimate of drug-likeness (QED) is 0.914. The number of aromatic nitrogens is 1. The molecule has 1 aromatic heterocycles. The van der Waals surface area contributed by atoms with Crippen LogP contribution in [0.4, 0.5) is 18.9 Å². The number of carbonyl (C=O) groups is 1. The molecule has 2 rings (SSSR count). The Morgan fingerprint density at radius 1 is 1.10 bits per heavy atom. The highest BCUT2D eigenvalue weighted by molar-refractivity contribution is 5.90. The number of hydrogen-bond donors (Lipinski definition) is 1. The van der Waals surface area contributed by atoms with Crippen molar-refractivity contribution in [3.63, 3.8) is 0 Å². The highest BCUT2D eigenvalue weighted by Crippen LogP contribution is 2.29. The third-order valence-corrected chi connectivity index (χ3v) is 2.76. The van der Waals surface area contributed by atoms with Gasteiger partial charge in [-0.3, -0.25) is 4.79 Å². The van der Waals surface area contributed by atoms with E-state index in [1.165, 1.54) is 12.1 Å². The van der Waals surface area contributed by atoms with Crippen molar-refractivity contribution in [1.29, 1.82) is 0 Å². The zero-order chi connectivity index (χ0) is 14.6. The van der Waals surface area contributed by atoms with Crippen molar-refractivity contribution in [3.05, 3.63) is 54.4 Å². The van der Waals surface area contributed by atoms with E-state index < -0.39 is 11.7 Å². The minimum absolute atomic E-state index is 0.238. The number of hydrogen-bond acceptors (Lipinski definition) is 1. The topological polar surface area (TPSA) is 34.0 Å². The maximum Gasteiger partial charge on any atom is 0.416 e. The van der Waals surface area contributed by atoms with Crippen LogP contribution in [0.2, 0.25) is 0 Å². The van der Waals surface area contributed by atoms with E-state index in [1.54, 1.807) is 0 Å². The fourth-order valence-corrected chi connectivity index (χ4v) is 1.72. The SMILES string of the molecule is O=C(CCn1cccc1)Nc1ccc(C(F)(F)F)cc1. The highest BCUT2D eigenvalue weighted by atomic mass is 19.4. The van der Waals surface area contributed by atoms with Crippen molar-refractivity contribution in [2.24, 2.45) is 0 Å². The zero-order valence-electron chi connectivity index (χ0n) is 10.5. The summed E-state index contributed by atoms with van der Waals surface area (Å²) in [6, 6.07) is 8.09. The molecule has 0 aliphatic carbocycles. The van der Waals surface area contributed by atoms with Crippen LogP contribution < -0.4 is 5.32 Å². The number of rotatable bonds is 4. The van der Waals surface area contributed by atoms with Crippen molar-refractivity contribution < 1.29 is 18.0 Å². The van der Waals surface area contributed by atoms with Crippen molar-refractivity contribution in [2.45, 2.75) is 19.1 Å². The number of carbonyl (C=O) groups excluding carboxylic acids is 1. The van der Waals surface area contributed by atoms with E-state index in [2.05, 4.69) is 5.32 Å². The van der Waals surface area contributed by atoms with Gasteiger partial charge < -0.3 is 9.88 Å². The van der Waals surface area contributed by atoms with Crippen LogP contribution in [-0.4, -0.2) is 10.5 Å². The molecular weight excluding hydrogens is 269 g/mol. The second kappa shape index (κ2) is 5.81. The minimum atomic E-state index is -4.36. The normalized spacial score (nSPS) is 11.3. The van der Waals surface area contributed by atoms with Gasteiger partial charge in [-0.2, -0.15) is 13.2 Å². The summed E-state index contributed by atoms with van der Waals surface area (Å²) in [4.78, 5) is 11.6. The predicted octanol–water partition coefficient (Wildman–Crippen LogP) is 3.54. The first-order valence-electron chi connectivity index (χ1n) is 6.03. The molecule has 2 aromatic rings. The first-order chi connectivity index (χ1) is 9.45. The van der Waals surface area contributed by atoms with Crippen molar-refractivity contribution in [3.8, 4) is 0 Å². The van der Waals surface area contributed by atoms with Crippen LogP contribution in [0.3, 0.4) is 0 Å².